The van der Waals surface area contributed by atoms with E-state index in [2.05, 4.69) is 29.1 Å². The van der Waals surface area contributed by atoms with Gasteiger partial charge in [-0.2, -0.15) is 0 Å². The van der Waals surface area contributed by atoms with Gasteiger partial charge in [-0.05, 0) is 43.6 Å². The van der Waals surface area contributed by atoms with Crippen LogP contribution in [0.4, 0.5) is 0 Å². The summed E-state index contributed by atoms with van der Waals surface area (Å²) >= 11 is 1.66. The molecule has 0 saturated carbocycles. The van der Waals surface area contributed by atoms with Crippen molar-refractivity contribution in [1.29, 1.82) is 0 Å². The molecule has 148 valence electrons. The summed E-state index contributed by atoms with van der Waals surface area (Å²) in [5.74, 6) is 1.22. The molecular weight excluding hydrogens is 358 g/mol. The first-order valence-electron chi connectivity index (χ1n) is 10.4. The molecule has 1 aliphatic rings. The molecule has 0 radical (unpaired) electrons. The van der Waals surface area contributed by atoms with Gasteiger partial charge in [-0.15, -0.1) is 11.3 Å². The van der Waals surface area contributed by atoms with Gasteiger partial charge < -0.3 is 10.3 Å². The van der Waals surface area contributed by atoms with Crippen LogP contribution in [0.2, 0.25) is 0 Å². The number of hydrogen-bond acceptors (Lipinski definition) is 4. The number of H-pyrrole nitrogens is 1. The largest absolute Gasteiger partial charge is 0.356 e. The average molecular weight is 390 g/mol. The topological polar surface area (TPSA) is 74.8 Å². The Morgan fingerprint density at radius 1 is 1.30 bits per heavy atom. The van der Waals surface area contributed by atoms with Gasteiger partial charge in [0, 0.05) is 24.3 Å². The highest BCUT2D eigenvalue weighted by Crippen LogP contribution is 2.33. The van der Waals surface area contributed by atoms with Gasteiger partial charge >= 0.3 is 0 Å². The lowest BCUT2D eigenvalue weighted by atomic mass is 9.97. The minimum absolute atomic E-state index is 0.0400. The molecule has 2 N–H and O–H groups in total. The molecule has 3 rings (SSSR count). The first-order chi connectivity index (χ1) is 13.1. The summed E-state index contributed by atoms with van der Waals surface area (Å²) < 4.78 is 0. The Labute approximate surface area is 165 Å². The van der Waals surface area contributed by atoms with Crippen molar-refractivity contribution in [1.82, 2.24) is 15.3 Å². The predicted octanol–water partition coefficient (Wildman–Crippen LogP) is 4.13. The van der Waals surface area contributed by atoms with E-state index in [-0.39, 0.29) is 11.5 Å². The third-order valence-electron chi connectivity index (χ3n) is 5.59. The summed E-state index contributed by atoms with van der Waals surface area (Å²) in [6.07, 6.45) is 9.90. The van der Waals surface area contributed by atoms with Crippen molar-refractivity contribution in [2.45, 2.75) is 78.1 Å². The first-order valence-corrected chi connectivity index (χ1v) is 11.2. The minimum atomic E-state index is -0.0413. The number of carbonyl (C=O) groups excluding carboxylic acids is 1. The van der Waals surface area contributed by atoms with Crippen molar-refractivity contribution in [2.75, 3.05) is 6.54 Å². The quantitative estimate of drug-likeness (QED) is 0.677. The third-order valence-corrected chi connectivity index (χ3v) is 6.78. The third kappa shape index (κ3) is 4.98. The second-order valence-electron chi connectivity index (χ2n) is 7.62. The van der Waals surface area contributed by atoms with E-state index in [9.17, 15) is 9.59 Å². The van der Waals surface area contributed by atoms with Crippen molar-refractivity contribution < 1.29 is 4.79 Å². The van der Waals surface area contributed by atoms with Gasteiger partial charge in [-0.1, -0.05) is 33.1 Å². The second-order valence-corrected chi connectivity index (χ2v) is 8.71. The van der Waals surface area contributed by atoms with Crippen LogP contribution in [0.1, 0.15) is 75.1 Å². The number of rotatable bonds is 9. The van der Waals surface area contributed by atoms with Crippen LogP contribution in [0.5, 0.6) is 0 Å². The molecule has 0 aliphatic heterocycles. The van der Waals surface area contributed by atoms with E-state index >= 15 is 0 Å². The fourth-order valence-corrected chi connectivity index (χ4v) is 5.13. The number of carbonyl (C=O) groups is 1. The van der Waals surface area contributed by atoms with Gasteiger partial charge in [0.1, 0.15) is 10.7 Å². The summed E-state index contributed by atoms with van der Waals surface area (Å²) in [5.41, 5.74) is 1.16. The van der Waals surface area contributed by atoms with Gasteiger partial charge in [-0.25, -0.2) is 4.98 Å². The molecule has 0 spiro atoms. The molecule has 2 heterocycles. The van der Waals surface area contributed by atoms with E-state index in [4.69, 9.17) is 0 Å². The van der Waals surface area contributed by atoms with Crippen LogP contribution in [-0.4, -0.2) is 22.4 Å². The highest BCUT2D eigenvalue weighted by molar-refractivity contribution is 7.18. The van der Waals surface area contributed by atoms with Gasteiger partial charge in [0.2, 0.25) is 5.91 Å². The molecule has 2 aromatic heterocycles. The summed E-state index contributed by atoms with van der Waals surface area (Å²) in [6, 6.07) is 0. The van der Waals surface area contributed by atoms with E-state index in [1.54, 1.807) is 11.3 Å². The van der Waals surface area contributed by atoms with Crippen LogP contribution < -0.4 is 10.9 Å². The van der Waals surface area contributed by atoms with Gasteiger partial charge in [0.15, 0.2) is 0 Å². The number of nitrogens with one attached hydrogen (secondary N) is 2. The number of aromatic amines is 1. The molecular formula is C21H31N3O2S. The van der Waals surface area contributed by atoms with Crippen LogP contribution in [0.25, 0.3) is 10.2 Å². The number of aromatic nitrogens is 2. The zero-order valence-corrected chi connectivity index (χ0v) is 17.3. The second kappa shape index (κ2) is 9.49. The SMILES string of the molecule is CCCCC(CC)CNC(=O)CCc1nc2sc3c(c2c(=O)[nH]1)CCCC3. The van der Waals surface area contributed by atoms with Crippen molar-refractivity contribution in [2.24, 2.45) is 5.92 Å². The van der Waals surface area contributed by atoms with Crippen molar-refractivity contribution in [3.63, 3.8) is 0 Å². The molecule has 1 unspecified atom stereocenters. The van der Waals surface area contributed by atoms with Crippen molar-refractivity contribution >= 4 is 27.5 Å². The Kier molecular flexibility index (Phi) is 7.05. The highest BCUT2D eigenvalue weighted by Gasteiger charge is 2.20. The summed E-state index contributed by atoms with van der Waals surface area (Å²) in [5, 5.41) is 3.83. The smallest absolute Gasteiger partial charge is 0.259 e. The Bertz CT molecular complexity index is 840. The maximum atomic E-state index is 12.5. The van der Waals surface area contributed by atoms with E-state index in [0.29, 0.717) is 24.6 Å². The molecule has 1 amide bonds. The van der Waals surface area contributed by atoms with Crippen LogP contribution in [0.15, 0.2) is 4.79 Å². The maximum absolute atomic E-state index is 12.5. The van der Waals surface area contributed by atoms with E-state index < -0.39 is 0 Å². The fraction of sp³-hybridized carbons (Fsp3) is 0.667. The lowest BCUT2D eigenvalue weighted by Crippen LogP contribution is -2.29. The number of nitrogens with zero attached hydrogens (tertiary/aromatic N) is 1. The molecule has 0 aromatic carbocycles. The number of unbranched alkanes of at least 4 members (excludes halogenated alkanes) is 1. The van der Waals surface area contributed by atoms with E-state index in [1.165, 1.54) is 36.1 Å². The molecule has 0 bridgehead atoms. The summed E-state index contributed by atoms with van der Waals surface area (Å²) in [7, 11) is 0. The number of hydrogen-bond donors (Lipinski definition) is 2. The molecule has 1 atom stereocenters. The molecule has 2 aromatic rings. The molecule has 0 saturated heterocycles. The van der Waals surface area contributed by atoms with Crippen molar-refractivity contribution in [3.8, 4) is 0 Å². The summed E-state index contributed by atoms with van der Waals surface area (Å²) in [6.45, 7) is 5.12. The fourth-order valence-electron chi connectivity index (χ4n) is 3.85. The normalized spacial score (nSPS) is 14.9. The van der Waals surface area contributed by atoms with E-state index in [0.717, 1.165) is 42.4 Å². The Morgan fingerprint density at radius 2 is 2.11 bits per heavy atom. The van der Waals surface area contributed by atoms with E-state index in [1.807, 2.05) is 0 Å². The molecule has 27 heavy (non-hydrogen) atoms. The lowest BCUT2D eigenvalue weighted by molar-refractivity contribution is -0.121. The van der Waals surface area contributed by atoms with Gasteiger partial charge in [0.05, 0.1) is 5.39 Å². The minimum Gasteiger partial charge on any atom is -0.356 e. The Balaban J connectivity index is 1.58. The number of fused-ring (bicyclic) bond motifs is 3. The Hall–Kier alpha value is -1.69. The summed E-state index contributed by atoms with van der Waals surface area (Å²) in [4.78, 5) is 34.4. The molecule has 6 heteroatoms. The molecule has 1 aliphatic carbocycles. The van der Waals surface area contributed by atoms with Gasteiger partial charge in [-0.3, -0.25) is 9.59 Å². The Morgan fingerprint density at radius 3 is 2.89 bits per heavy atom. The predicted molar refractivity (Wildman–Crippen MR) is 112 cm³/mol. The first kappa shape index (κ1) is 20.1. The van der Waals surface area contributed by atoms with Gasteiger partial charge in [0.25, 0.3) is 5.56 Å². The van der Waals surface area contributed by atoms with Crippen LogP contribution in [-0.2, 0) is 24.1 Å². The lowest BCUT2D eigenvalue weighted by Gasteiger charge is -2.15. The number of aryl methyl sites for hydroxylation is 3. The van der Waals surface area contributed by atoms with Crippen LogP contribution in [0.3, 0.4) is 0 Å². The monoisotopic (exact) mass is 389 g/mol. The number of thiophene rings is 1. The highest BCUT2D eigenvalue weighted by atomic mass is 32.1. The maximum Gasteiger partial charge on any atom is 0.259 e. The average Bonchev–Trinajstić information content (AvgIpc) is 3.05. The zero-order valence-electron chi connectivity index (χ0n) is 16.5. The molecule has 5 nitrogen and oxygen atoms in total. The van der Waals surface area contributed by atoms with Crippen LogP contribution in [0, 0.1) is 5.92 Å². The number of amides is 1. The van der Waals surface area contributed by atoms with Crippen molar-refractivity contribution in [3.05, 3.63) is 26.6 Å². The standard InChI is InChI=1S/C21H31N3O2S/c1-3-5-8-14(4-2)13-22-18(25)12-11-17-23-20(26)19-15-9-6-7-10-16(15)27-21(19)24-17/h14H,3-13H2,1-2H3,(H,22,25)(H,23,24,26). The molecule has 0 fully saturated rings. The zero-order chi connectivity index (χ0) is 19.2. The van der Waals surface area contributed by atoms with Crippen LogP contribution >= 0.6 is 11.3 Å².